The average Bonchev–Trinajstić information content (AvgIpc) is 2.55. The highest BCUT2D eigenvalue weighted by molar-refractivity contribution is 5.74. The van der Waals surface area contributed by atoms with Crippen LogP contribution in [0.15, 0.2) is 30.3 Å². The van der Waals surface area contributed by atoms with E-state index in [4.69, 9.17) is 0 Å². The van der Waals surface area contributed by atoms with Gasteiger partial charge in [0.25, 0.3) is 0 Å². The fraction of sp³-hybridized carbons (Fsp3) is 0.611. The summed E-state index contributed by atoms with van der Waals surface area (Å²) in [6.07, 6.45) is 3.08. The zero-order valence-corrected chi connectivity index (χ0v) is 14.0. The Hall–Kier alpha value is -1.71. The van der Waals surface area contributed by atoms with Crippen LogP contribution in [0.1, 0.15) is 40.0 Å². The van der Waals surface area contributed by atoms with Crippen LogP contribution in [0.25, 0.3) is 0 Å². The van der Waals surface area contributed by atoms with Gasteiger partial charge in [-0.05, 0) is 37.8 Å². The molecule has 0 aliphatic carbocycles. The van der Waals surface area contributed by atoms with E-state index in [0.29, 0.717) is 5.92 Å². The van der Waals surface area contributed by atoms with Crippen molar-refractivity contribution in [3.63, 3.8) is 0 Å². The third-order valence-electron chi connectivity index (χ3n) is 4.81. The monoisotopic (exact) mass is 303 g/mol. The van der Waals surface area contributed by atoms with Gasteiger partial charge in [0, 0.05) is 30.9 Å². The summed E-state index contributed by atoms with van der Waals surface area (Å²) in [5.41, 5.74) is 1.27. The summed E-state index contributed by atoms with van der Waals surface area (Å²) in [5, 5.41) is 6.18. The van der Waals surface area contributed by atoms with Crippen LogP contribution in [0, 0.1) is 5.92 Å². The topological polar surface area (TPSA) is 44.4 Å². The molecule has 2 N–H and O–H groups in total. The van der Waals surface area contributed by atoms with Crippen molar-refractivity contribution in [1.82, 2.24) is 10.6 Å². The molecular formula is C18H29N3O. The van der Waals surface area contributed by atoms with Gasteiger partial charge in [-0.2, -0.15) is 0 Å². The molecule has 1 aliphatic heterocycles. The molecule has 2 unspecified atom stereocenters. The summed E-state index contributed by atoms with van der Waals surface area (Å²) in [6.45, 7) is 8.39. The number of urea groups is 1. The molecule has 1 aliphatic rings. The lowest BCUT2D eigenvalue weighted by atomic mass is 10.0. The number of hydrogen-bond donors (Lipinski definition) is 2. The average molecular weight is 303 g/mol. The van der Waals surface area contributed by atoms with Gasteiger partial charge in [0.05, 0.1) is 0 Å². The highest BCUT2D eigenvalue weighted by Crippen LogP contribution is 2.19. The van der Waals surface area contributed by atoms with Crippen molar-refractivity contribution in [2.75, 3.05) is 18.0 Å². The van der Waals surface area contributed by atoms with Crippen molar-refractivity contribution in [2.45, 2.75) is 52.1 Å². The van der Waals surface area contributed by atoms with Crippen molar-refractivity contribution in [3.05, 3.63) is 30.3 Å². The number of para-hydroxylation sites is 1. The van der Waals surface area contributed by atoms with Crippen molar-refractivity contribution < 1.29 is 4.79 Å². The van der Waals surface area contributed by atoms with E-state index in [1.165, 1.54) is 5.69 Å². The minimum atomic E-state index is -0.0223. The lowest BCUT2D eigenvalue weighted by molar-refractivity contribution is 0.227. The SMILES string of the molecule is CCC(C)C(C)NC(=O)NC1CCN(c2ccccc2)CC1. The van der Waals surface area contributed by atoms with Gasteiger partial charge in [0.15, 0.2) is 0 Å². The molecule has 4 heteroatoms. The quantitative estimate of drug-likeness (QED) is 0.875. The second kappa shape index (κ2) is 8.06. The zero-order chi connectivity index (χ0) is 15.9. The van der Waals surface area contributed by atoms with Crippen LogP contribution in [-0.4, -0.2) is 31.2 Å². The number of amides is 2. The first-order valence-electron chi connectivity index (χ1n) is 8.47. The molecule has 0 radical (unpaired) electrons. The van der Waals surface area contributed by atoms with Crippen LogP contribution in [-0.2, 0) is 0 Å². The van der Waals surface area contributed by atoms with E-state index in [9.17, 15) is 4.79 Å². The molecule has 4 nitrogen and oxygen atoms in total. The summed E-state index contributed by atoms with van der Waals surface area (Å²) in [7, 11) is 0. The van der Waals surface area contributed by atoms with Crippen molar-refractivity contribution >= 4 is 11.7 Å². The first kappa shape index (κ1) is 16.7. The summed E-state index contributed by atoms with van der Waals surface area (Å²) < 4.78 is 0. The van der Waals surface area contributed by atoms with Crippen LogP contribution in [0.4, 0.5) is 10.5 Å². The number of carbonyl (C=O) groups excluding carboxylic acids is 1. The third kappa shape index (κ3) is 4.65. The number of rotatable bonds is 5. The number of nitrogens with zero attached hydrogens (tertiary/aromatic N) is 1. The lowest BCUT2D eigenvalue weighted by Crippen LogP contribution is -2.50. The highest BCUT2D eigenvalue weighted by atomic mass is 16.2. The Bertz CT molecular complexity index is 455. The van der Waals surface area contributed by atoms with E-state index in [-0.39, 0.29) is 18.1 Å². The molecule has 1 aromatic rings. The number of carbonyl (C=O) groups is 1. The third-order valence-corrected chi connectivity index (χ3v) is 4.81. The smallest absolute Gasteiger partial charge is 0.315 e. The van der Waals surface area contributed by atoms with Gasteiger partial charge in [-0.25, -0.2) is 4.79 Å². The minimum absolute atomic E-state index is 0.0223. The lowest BCUT2D eigenvalue weighted by Gasteiger charge is -2.34. The van der Waals surface area contributed by atoms with Crippen LogP contribution in [0.5, 0.6) is 0 Å². The number of benzene rings is 1. The predicted molar refractivity (Wildman–Crippen MR) is 92.3 cm³/mol. The fourth-order valence-corrected chi connectivity index (χ4v) is 2.85. The molecule has 1 saturated heterocycles. The first-order chi connectivity index (χ1) is 10.6. The predicted octanol–water partition coefficient (Wildman–Crippen LogP) is 3.39. The van der Waals surface area contributed by atoms with Crippen molar-refractivity contribution in [2.24, 2.45) is 5.92 Å². The number of piperidine rings is 1. The Morgan fingerprint density at radius 3 is 2.45 bits per heavy atom. The standard InChI is InChI=1S/C18H29N3O/c1-4-14(2)15(3)19-18(22)20-16-10-12-21(13-11-16)17-8-6-5-7-9-17/h5-9,14-16H,4,10-13H2,1-3H3,(H2,19,20,22). The largest absolute Gasteiger partial charge is 0.371 e. The Kier molecular flexibility index (Phi) is 6.10. The molecule has 1 heterocycles. The molecule has 2 rings (SSSR count). The second-order valence-electron chi connectivity index (χ2n) is 6.39. The van der Waals surface area contributed by atoms with E-state index in [0.717, 1.165) is 32.4 Å². The number of nitrogens with one attached hydrogen (secondary N) is 2. The van der Waals surface area contributed by atoms with Gasteiger partial charge in [-0.1, -0.05) is 38.5 Å². The number of anilines is 1. The number of hydrogen-bond acceptors (Lipinski definition) is 2. The highest BCUT2D eigenvalue weighted by Gasteiger charge is 2.21. The van der Waals surface area contributed by atoms with E-state index >= 15 is 0 Å². The molecule has 2 amide bonds. The summed E-state index contributed by atoms with van der Waals surface area (Å²) >= 11 is 0. The fourth-order valence-electron chi connectivity index (χ4n) is 2.85. The maximum atomic E-state index is 12.1. The molecular weight excluding hydrogens is 274 g/mol. The van der Waals surface area contributed by atoms with E-state index in [2.05, 4.69) is 60.6 Å². The Morgan fingerprint density at radius 2 is 1.86 bits per heavy atom. The maximum Gasteiger partial charge on any atom is 0.315 e. The van der Waals surface area contributed by atoms with Crippen molar-refractivity contribution in [1.29, 1.82) is 0 Å². The molecule has 1 fully saturated rings. The Balaban J connectivity index is 1.74. The van der Waals surface area contributed by atoms with E-state index in [1.54, 1.807) is 0 Å². The Labute approximate surface area is 134 Å². The van der Waals surface area contributed by atoms with Gasteiger partial charge in [-0.3, -0.25) is 0 Å². The van der Waals surface area contributed by atoms with Gasteiger partial charge in [0.2, 0.25) is 0 Å². The normalized spacial score (nSPS) is 18.6. The summed E-state index contributed by atoms with van der Waals surface area (Å²) in [5.74, 6) is 0.505. The van der Waals surface area contributed by atoms with Crippen LogP contribution in [0.2, 0.25) is 0 Å². The molecule has 0 bridgehead atoms. The molecule has 122 valence electrons. The first-order valence-corrected chi connectivity index (χ1v) is 8.47. The van der Waals surface area contributed by atoms with Crippen molar-refractivity contribution in [3.8, 4) is 0 Å². The van der Waals surface area contributed by atoms with E-state index in [1.807, 2.05) is 6.07 Å². The molecule has 0 spiro atoms. The van der Waals surface area contributed by atoms with Gasteiger partial charge >= 0.3 is 6.03 Å². The van der Waals surface area contributed by atoms with Gasteiger partial charge in [-0.15, -0.1) is 0 Å². The zero-order valence-electron chi connectivity index (χ0n) is 14.0. The summed E-state index contributed by atoms with van der Waals surface area (Å²) in [4.78, 5) is 14.4. The molecule has 0 aromatic heterocycles. The summed E-state index contributed by atoms with van der Waals surface area (Å²) in [6, 6.07) is 11.0. The van der Waals surface area contributed by atoms with Gasteiger partial charge in [0.1, 0.15) is 0 Å². The molecule has 2 atom stereocenters. The minimum Gasteiger partial charge on any atom is -0.371 e. The molecule has 22 heavy (non-hydrogen) atoms. The van der Waals surface area contributed by atoms with E-state index < -0.39 is 0 Å². The maximum absolute atomic E-state index is 12.1. The van der Waals surface area contributed by atoms with Crippen LogP contribution in [0.3, 0.4) is 0 Å². The molecule has 0 saturated carbocycles. The van der Waals surface area contributed by atoms with Crippen LogP contribution < -0.4 is 15.5 Å². The van der Waals surface area contributed by atoms with Crippen LogP contribution >= 0.6 is 0 Å². The Morgan fingerprint density at radius 1 is 1.23 bits per heavy atom. The van der Waals surface area contributed by atoms with Gasteiger partial charge < -0.3 is 15.5 Å². The molecule has 1 aromatic carbocycles. The second-order valence-corrected chi connectivity index (χ2v) is 6.39.